The Labute approximate surface area is 212 Å². The second kappa shape index (κ2) is 10.2. The summed E-state index contributed by atoms with van der Waals surface area (Å²) >= 11 is 0. The predicted molar refractivity (Wildman–Crippen MR) is 132 cm³/mol. The molecule has 2 aromatic rings. The molecule has 0 atom stereocenters. The monoisotopic (exact) mass is 496 g/mol. The molecule has 9 nitrogen and oxygen atoms in total. The normalized spacial score (nSPS) is 24.8. The topological polar surface area (TPSA) is 89.4 Å². The van der Waals surface area contributed by atoms with Gasteiger partial charge >= 0.3 is 0 Å². The van der Waals surface area contributed by atoms with Crippen molar-refractivity contribution in [3.05, 3.63) is 47.8 Å². The van der Waals surface area contributed by atoms with Gasteiger partial charge in [-0.25, -0.2) is 9.97 Å². The first kappa shape index (κ1) is 24.1. The zero-order valence-electron chi connectivity index (χ0n) is 20.8. The quantitative estimate of drug-likeness (QED) is 0.618. The van der Waals surface area contributed by atoms with Gasteiger partial charge in [0.1, 0.15) is 5.75 Å². The van der Waals surface area contributed by atoms with Crippen molar-refractivity contribution in [1.29, 1.82) is 0 Å². The number of aromatic nitrogens is 2. The first-order valence-corrected chi connectivity index (χ1v) is 13.4. The summed E-state index contributed by atoms with van der Waals surface area (Å²) in [7, 11) is 0. The van der Waals surface area contributed by atoms with Crippen molar-refractivity contribution < 1.29 is 24.7 Å². The number of hydrogen-bond acceptors (Lipinski definition) is 9. The highest BCUT2D eigenvalue weighted by Gasteiger charge is 2.50. The average Bonchev–Trinajstić information content (AvgIpc) is 2.94. The molecule has 2 saturated carbocycles. The van der Waals surface area contributed by atoms with Crippen molar-refractivity contribution in [3.63, 3.8) is 0 Å². The summed E-state index contributed by atoms with van der Waals surface area (Å²) in [5.41, 5.74) is 2.24. The van der Waals surface area contributed by atoms with Crippen LogP contribution in [0.25, 0.3) is 0 Å². The van der Waals surface area contributed by atoms with Crippen LogP contribution < -0.4 is 4.90 Å². The maximum atomic E-state index is 10.6. The van der Waals surface area contributed by atoms with Crippen LogP contribution in [0, 0.1) is 0 Å². The maximum Gasteiger partial charge on any atom is 0.234 e. The molecular formula is C27H36N4O5. The van der Waals surface area contributed by atoms with E-state index in [0.29, 0.717) is 24.5 Å². The SMILES string of the molecule is Oc1ccc(C2CCC3(CC2)OOC2(CCCCC2)OO3)cc1CN1CCN(c2ncccn2)CC1. The summed E-state index contributed by atoms with van der Waals surface area (Å²) in [5, 5.41) is 10.6. The molecule has 2 aliphatic heterocycles. The highest BCUT2D eigenvalue weighted by atomic mass is 17.4. The second-order valence-electron chi connectivity index (χ2n) is 10.7. The fourth-order valence-electron chi connectivity index (χ4n) is 5.93. The molecule has 4 fully saturated rings. The summed E-state index contributed by atoms with van der Waals surface area (Å²) in [6.07, 6.45) is 11.8. The minimum absolute atomic E-state index is 0.360. The zero-order chi connectivity index (χ0) is 24.4. The molecule has 0 radical (unpaired) electrons. The van der Waals surface area contributed by atoms with Crippen LogP contribution in [0.4, 0.5) is 5.95 Å². The van der Waals surface area contributed by atoms with E-state index in [-0.39, 0.29) is 0 Å². The Bertz CT molecular complexity index is 1000. The third kappa shape index (κ3) is 5.08. The van der Waals surface area contributed by atoms with Gasteiger partial charge in [0.2, 0.25) is 17.5 Å². The molecule has 0 unspecified atom stereocenters. The van der Waals surface area contributed by atoms with Crippen molar-refractivity contribution in [3.8, 4) is 5.75 Å². The second-order valence-corrected chi connectivity index (χ2v) is 10.7. The molecule has 6 rings (SSSR count). The van der Waals surface area contributed by atoms with Crippen LogP contribution >= 0.6 is 0 Å². The van der Waals surface area contributed by atoms with Crippen molar-refractivity contribution in [2.75, 3.05) is 31.1 Å². The van der Waals surface area contributed by atoms with Gasteiger partial charge in [-0.05, 0) is 49.3 Å². The van der Waals surface area contributed by atoms with Gasteiger partial charge in [0, 0.05) is 76.4 Å². The Balaban J connectivity index is 1.03. The number of phenols is 1. The first-order chi connectivity index (χ1) is 17.6. The summed E-state index contributed by atoms with van der Waals surface area (Å²) < 4.78 is 0. The van der Waals surface area contributed by atoms with Gasteiger partial charge in [-0.2, -0.15) is 19.6 Å². The maximum absolute atomic E-state index is 10.6. The standard InChI is InChI=1S/C27H36N4O5/c32-24-6-5-22(19-23(24)20-30-15-17-31(18-16-30)25-28-13-4-14-29-25)21-7-11-27(12-8-21)35-33-26(34-36-27)9-2-1-3-10-26/h4-6,13-14,19,21,32H,1-3,7-12,15-18,20H2. The average molecular weight is 497 g/mol. The number of benzene rings is 1. The predicted octanol–water partition coefficient (Wildman–Crippen LogP) is 4.43. The lowest BCUT2D eigenvalue weighted by Crippen LogP contribution is -2.52. The van der Waals surface area contributed by atoms with Crippen molar-refractivity contribution in [2.24, 2.45) is 0 Å². The number of anilines is 1. The molecule has 2 aliphatic carbocycles. The highest BCUT2D eigenvalue weighted by Crippen LogP contribution is 2.47. The summed E-state index contributed by atoms with van der Waals surface area (Å²) in [6.45, 7) is 4.30. The first-order valence-electron chi connectivity index (χ1n) is 13.4. The third-order valence-corrected chi connectivity index (χ3v) is 8.23. The van der Waals surface area contributed by atoms with Crippen LogP contribution in [0.1, 0.15) is 74.8 Å². The fourth-order valence-corrected chi connectivity index (χ4v) is 5.93. The third-order valence-electron chi connectivity index (χ3n) is 8.23. The Hall–Kier alpha value is -2.30. The zero-order valence-corrected chi connectivity index (χ0v) is 20.8. The molecule has 1 aromatic carbocycles. The lowest BCUT2D eigenvalue weighted by Gasteiger charge is -2.46. The molecular weight excluding hydrogens is 460 g/mol. The van der Waals surface area contributed by atoms with Crippen molar-refractivity contribution >= 4 is 5.95 Å². The molecule has 3 heterocycles. The fraction of sp³-hybridized carbons (Fsp3) is 0.630. The van der Waals surface area contributed by atoms with Crippen molar-refractivity contribution in [1.82, 2.24) is 14.9 Å². The summed E-state index contributed by atoms with van der Waals surface area (Å²) in [5.74, 6) is 0.0123. The number of phenolic OH excluding ortho intramolecular Hbond substituents is 1. The Morgan fingerprint density at radius 2 is 1.47 bits per heavy atom. The largest absolute Gasteiger partial charge is 0.508 e. The van der Waals surface area contributed by atoms with Gasteiger partial charge in [-0.3, -0.25) is 4.90 Å². The number of piperazine rings is 1. The lowest BCUT2D eigenvalue weighted by atomic mass is 9.80. The molecule has 0 amide bonds. The number of rotatable bonds is 4. The van der Waals surface area contributed by atoms with Crippen LogP contribution in [-0.2, 0) is 26.1 Å². The Morgan fingerprint density at radius 3 is 2.14 bits per heavy atom. The smallest absolute Gasteiger partial charge is 0.234 e. The van der Waals surface area contributed by atoms with Crippen LogP contribution in [0.5, 0.6) is 5.75 Å². The van der Waals surface area contributed by atoms with E-state index in [2.05, 4.69) is 31.9 Å². The van der Waals surface area contributed by atoms with Gasteiger partial charge in [-0.15, -0.1) is 0 Å². The van der Waals surface area contributed by atoms with E-state index in [9.17, 15) is 5.11 Å². The van der Waals surface area contributed by atoms with E-state index in [1.165, 1.54) is 12.0 Å². The Kier molecular flexibility index (Phi) is 6.83. The molecule has 9 heteroatoms. The van der Waals surface area contributed by atoms with Gasteiger partial charge < -0.3 is 10.0 Å². The molecule has 0 bridgehead atoms. The summed E-state index contributed by atoms with van der Waals surface area (Å²) in [4.78, 5) is 36.6. The van der Waals surface area contributed by atoms with Crippen LogP contribution in [0.15, 0.2) is 36.7 Å². The van der Waals surface area contributed by atoms with Gasteiger partial charge in [0.05, 0.1) is 0 Å². The highest BCUT2D eigenvalue weighted by molar-refractivity contribution is 5.38. The number of nitrogens with zero attached hydrogens (tertiary/aromatic N) is 4. The van der Waals surface area contributed by atoms with Gasteiger partial charge in [-0.1, -0.05) is 18.6 Å². The van der Waals surface area contributed by atoms with E-state index in [1.54, 1.807) is 12.4 Å². The molecule has 194 valence electrons. The molecule has 36 heavy (non-hydrogen) atoms. The lowest BCUT2D eigenvalue weighted by molar-refractivity contribution is -0.662. The van der Waals surface area contributed by atoms with Gasteiger partial charge in [0.25, 0.3) is 0 Å². The number of hydrogen-bond donors (Lipinski definition) is 1. The summed E-state index contributed by atoms with van der Waals surface area (Å²) in [6, 6.07) is 7.91. The van der Waals surface area contributed by atoms with E-state index in [4.69, 9.17) is 19.6 Å². The van der Waals surface area contributed by atoms with E-state index >= 15 is 0 Å². The van der Waals surface area contributed by atoms with Gasteiger partial charge in [0.15, 0.2) is 0 Å². The van der Waals surface area contributed by atoms with Crippen LogP contribution in [0.3, 0.4) is 0 Å². The van der Waals surface area contributed by atoms with E-state index in [0.717, 1.165) is 82.8 Å². The van der Waals surface area contributed by atoms with Crippen LogP contribution in [0.2, 0.25) is 0 Å². The minimum atomic E-state index is -0.804. The number of aromatic hydroxyl groups is 1. The van der Waals surface area contributed by atoms with Crippen molar-refractivity contribution in [2.45, 2.75) is 81.8 Å². The minimum Gasteiger partial charge on any atom is -0.508 e. The van der Waals surface area contributed by atoms with Crippen LogP contribution in [-0.4, -0.2) is 57.7 Å². The molecule has 2 spiro atoms. The molecule has 1 N–H and O–H groups in total. The van der Waals surface area contributed by atoms with E-state index in [1.807, 2.05) is 12.1 Å². The van der Waals surface area contributed by atoms with E-state index < -0.39 is 11.6 Å². The molecule has 1 aromatic heterocycles. The molecule has 2 saturated heterocycles. The Morgan fingerprint density at radius 1 is 0.833 bits per heavy atom. The molecule has 4 aliphatic rings.